The van der Waals surface area contributed by atoms with Crippen LogP contribution in [0.3, 0.4) is 0 Å². The second kappa shape index (κ2) is 7.78. The van der Waals surface area contributed by atoms with Crippen LogP contribution in [0.5, 0.6) is 0 Å². The van der Waals surface area contributed by atoms with Crippen LogP contribution in [0.2, 0.25) is 0 Å². The smallest absolute Gasteiger partial charge is 0.262 e. The number of rotatable bonds is 5. The highest BCUT2D eigenvalue weighted by Gasteiger charge is 2.18. The molecule has 0 bridgehead atoms. The van der Waals surface area contributed by atoms with Crippen LogP contribution in [-0.2, 0) is 0 Å². The zero-order chi connectivity index (χ0) is 19.6. The van der Waals surface area contributed by atoms with E-state index in [1.54, 1.807) is 21.7 Å². The Morgan fingerprint density at radius 3 is 2.41 bits per heavy atom. The lowest BCUT2D eigenvalue weighted by molar-refractivity contribution is 0.0794. The Hall–Kier alpha value is -2.88. The molecule has 0 spiro atoms. The van der Waals surface area contributed by atoms with E-state index in [9.17, 15) is 9.59 Å². The molecule has 3 rings (SSSR count). The summed E-state index contributed by atoms with van der Waals surface area (Å²) in [5.74, 6) is -0.0581. The van der Waals surface area contributed by atoms with Gasteiger partial charge in [0, 0.05) is 36.2 Å². The van der Waals surface area contributed by atoms with Crippen LogP contribution < -0.4 is 5.56 Å². The van der Waals surface area contributed by atoms with Gasteiger partial charge in [0.15, 0.2) is 0 Å². The molecule has 27 heavy (non-hydrogen) atoms. The van der Waals surface area contributed by atoms with Crippen molar-refractivity contribution in [2.45, 2.75) is 33.6 Å². The molecule has 0 aliphatic carbocycles. The second-order valence-corrected chi connectivity index (χ2v) is 7.11. The molecule has 4 heteroatoms. The molecule has 0 unspecified atom stereocenters. The minimum atomic E-state index is -0.110. The number of fused-ring (bicyclic) bond motifs is 1. The van der Waals surface area contributed by atoms with Crippen molar-refractivity contribution in [1.82, 2.24) is 9.47 Å². The lowest BCUT2D eigenvalue weighted by Gasteiger charge is -2.19. The molecule has 0 fully saturated rings. The first kappa shape index (κ1) is 18.9. The average Bonchev–Trinajstić information content (AvgIpc) is 2.68. The van der Waals surface area contributed by atoms with Crippen molar-refractivity contribution >= 4 is 16.7 Å². The number of amides is 1. The van der Waals surface area contributed by atoms with Crippen LogP contribution in [0.4, 0.5) is 0 Å². The molecular formula is C23H26N2O2. The monoisotopic (exact) mass is 362 g/mol. The van der Waals surface area contributed by atoms with Gasteiger partial charge in [0.1, 0.15) is 0 Å². The number of pyridine rings is 1. The van der Waals surface area contributed by atoms with E-state index in [-0.39, 0.29) is 11.5 Å². The highest BCUT2D eigenvalue weighted by atomic mass is 16.2. The average molecular weight is 362 g/mol. The summed E-state index contributed by atoms with van der Waals surface area (Å²) >= 11 is 0. The molecule has 0 saturated carbocycles. The van der Waals surface area contributed by atoms with E-state index < -0.39 is 0 Å². The van der Waals surface area contributed by atoms with Crippen LogP contribution in [0, 0.1) is 13.8 Å². The minimum absolute atomic E-state index is 0.0581. The molecule has 0 aliphatic rings. The van der Waals surface area contributed by atoms with Gasteiger partial charge in [-0.2, -0.15) is 0 Å². The predicted molar refractivity (Wildman–Crippen MR) is 111 cm³/mol. The zero-order valence-electron chi connectivity index (χ0n) is 16.5. The highest BCUT2D eigenvalue weighted by molar-refractivity contribution is 6.06. The van der Waals surface area contributed by atoms with Crippen molar-refractivity contribution in [2.75, 3.05) is 13.6 Å². The van der Waals surface area contributed by atoms with Crippen molar-refractivity contribution in [2.24, 2.45) is 0 Å². The van der Waals surface area contributed by atoms with Gasteiger partial charge in [0.2, 0.25) is 0 Å². The number of aryl methyl sites for hydroxylation is 2. The van der Waals surface area contributed by atoms with Gasteiger partial charge < -0.3 is 4.90 Å². The number of carbonyl (C=O) groups excluding carboxylic acids is 1. The summed E-state index contributed by atoms with van der Waals surface area (Å²) in [5.41, 5.74) is 3.51. The third-order valence-electron chi connectivity index (χ3n) is 5.12. The molecule has 1 aromatic heterocycles. The third-order valence-corrected chi connectivity index (χ3v) is 5.12. The van der Waals surface area contributed by atoms with E-state index in [0.717, 1.165) is 24.1 Å². The van der Waals surface area contributed by atoms with E-state index in [1.165, 1.54) is 5.56 Å². The van der Waals surface area contributed by atoms with Gasteiger partial charge in [-0.15, -0.1) is 0 Å². The largest absolute Gasteiger partial charge is 0.342 e. The number of nitrogens with zero attached hydrogens (tertiary/aromatic N) is 2. The van der Waals surface area contributed by atoms with Crippen molar-refractivity contribution in [3.05, 3.63) is 75.7 Å². The summed E-state index contributed by atoms with van der Waals surface area (Å²) in [7, 11) is 1.82. The molecule has 1 amide bonds. The Morgan fingerprint density at radius 1 is 1.04 bits per heavy atom. The number of aromatic nitrogens is 1. The van der Waals surface area contributed by atoms with Crippen LogP contribution in [0.1, 0.15) is 41.3 Å². The SMILES string of the molecule is CCCCN(C)C(=O)c1cn(-c2ccc(C)c(C)c2)c(=O)c2ccccc12. The fourth-order valence-corrected chi connectivity index (χ4v) is 3.23. The number of unbranched alkanes of at least 4 members (excludes halogenated alkanes) is 1. The molecule has 0 N–H and O–H groups in total. The van der Waals surface area contributed by atoms with Gasteiger partial charge >= 0.3 is 0 Å². The highest BCUT2D eigenvalue weighted by Crippen LogP contribution is 2.20. The lowest BCUT2D eigenvalue weighted by Crippen LogP contribution is -2.30. The van der Waals surface area contributed by atoms with Crippen molar-refractivity contribution in [1.29, 1.82) is 0 Å². The van der Waals surface area contributed by atoms with E-state index in [4.69, 9.17) is 0 Å². The second-order valence-electron chi connectivity index (χ2n) is 7.11. The summed E-state index contributed by atoms with van der Waals surface area (Å²) in [6, 6.07) is 13.3. The summed E-state index contributed by atoms with van der Waals surface area (Å²) in [4.78, 5) is 27.9. The maximum atomic E-state index is 13.1. The van der Waals surface area contributed by atoms with Gasteiger partial charge in [0.25, 0.3) is 11.5 Å². The van der Waals surface area contributed by atoms with Crippen molar-refractivity contribution in [3.63, 3.8) is 0 Å². The van der Waals surface area contributed by atoms with E-state index >= 15 is 0 Å². The molecule has 3 aromatic rings. The van der Waals surface area contributed by atoms with Crippen molar-refractivity contribution in [3.8, 4) is 5.69 Å². The van der Waals surface area contributed by atoms with Gasteiger partial charge in [-0.05, 0) is 49.6 Å². The van der Waals surface area contributed by atoms with Crippen LogP contribution >= 0.6 is 0 Å². The topological polar surface area (TPSA) is 42.3 Å². The summed E-state index contributed by atoms with van der Waals surface area (Å²) in [6.07, 6.45) is 3.68. The molecule has 140 valence electrons. The minimum Gasteiger partial charge on any atom is -0.342 e. The van der Waals surface area contributed by atoms with E-state index in [1.807, 2.05) is 57.3 Å². The molecule has 1 heterocycles. The van der Waals surface area contributed by atoms with Gasteiger partial charge in [0.05, 0.1) is 5.56 Å². The number of hydrogen-bond donors (Lipinski definition) is 0. The molecule has 0 radical (unpaired) electrons. The fraction of sp³-hybridized carbons (Fsp3) is 0.304. The first-order valence-corrected chi connectivity index (χ1v) is 9.41. The predicted octanol–water partition coefficient (Wildman–Crippen LogP) is 4.48. The maximum Gasteiger partial charge on any atom is 0.262 e. The Bertz CT molecular complexity index is 1050. The van der Waals surface area contributed by atoms with Crippen LogP contribution in [0.15, 0.2) is 53.5 Å². The molecule has 4 nitrogen and oxygen atoms in total. The summed E-state index contributed by atoms with van der Waals surface area (Å²) < 4.78 is 1.59. The Kier molecular flexibility index (Phi) is 5.45. The molecule has 0 saturated heterocycles. The van der Waals surface area contributed by atoms with Gasteiger partial charge in [-0.25, -0.2) is 0 Å². The number of hydrogen-bond acceptors (Lipinski definition) is 2. The Balaban J connectivity index is 2.21. The number of benzene rings is 2. The first-order chi connectivity index (χ1) is 12.9. The van der Waals surface area contributed by atoms with Gasteiger partial charge in [-0.3, -0.25) is 14.2 Å². The normalized spacial score (nSPS) is 11.0. The standard InChI is InChI=1S/C23H26N2O2/c1-5-6-13-24(4)22(26)21-15-25(18-12-11-16(2)17(3)14-18)23(27)20-10-8-7-9-19(20)21/h7-12,14-15H,5-6,13H2,1-4H3. The number of carbonyl (C=O) groups is 1. The Morgan fingerprint density at radius 2 is 1.74 bits per heavy atom. The van der Waals surface area contributed by atoms with E-state index in [0.29, 0.717) is 22.9 Å². The fourth-order valence-electron chi connectivity index (χ4n) is 3.23. The molecular weight excluding hydrogens is 336 g/mol. The molecule has 2 aromatic carbocycles. The lowest BCUT2D eigenvalue weighted by atomic mass is 10.1. The molecule has 0 atom stereocenters. The van der Waals surface area contributed by atoms with E-state index in [2.05, 4.69) is 6.92 Å². The molecule has 0 aliphatic heterocycles. The third kappa shape index (κ3) is 3.65. The zero-order valence-corrected chi connectivity index (χ0v) is 16.5. The van der Waals surface area contributed by atoms with Gasteiger partial charge in [-0.1, -0.05) is 37.6 Å². The maximum absolute atomic E-state index is 13.1. The quantitative estimate of drug-likeness (QED) is 0.671. The first-order valence-electron chi connectivity index (χ1n) is 9.41. The van der Waals surface area contributed by atoms with Crippen LogP contribution in [-0.4, -0.2) is 29.0 Å². The summed E-state index contributed by atoms with van der Waals surface area (Å²) in [6.45, 7) is 6.87. The van der Waals surface area contributed by atoms with Crippen molar-refractivity contribution < 1.29 is 4.79 Å². The summed E-state index contributed by atoms with van der Waals surface area (Å²) in [5, 5.41) is 1.27. The van der Waals surface area contributed by atoms with Crippen LogP contribution in [0.25, 0.3) is 16.5 Å². The Labute approximate surface area is 160 Å².